The van der Waals surface area contributed by atoms with Gasteiger partial charge in [0.25, 0.3) is 5.91 Å². The minimum atomic E-state index is -0.194. The van der Waals surface area contributed by atoms with Crippen molar-refractivity contribution in [1.82, 2.24) is 15.5 Å². The summed E-state index contributed by atoms with van der Waals surface area (Å²) in [6.45, 7) is 9.60. The third kappa shape index (κ3) is 4.09. The monoisotopic (exact) mass is 317 g/mol. The normalized spacial score (nSPS) is 13.4. The zero-order valence-electron chi connectivity index (χ0n) is 14.2. The van der Waals surface area contributed by atoms with Crippen LogP contribution in [0.25, 0.3) is 0 Å². The first kappa shape index (κ1) is 17.0. The van der Waals surface area contributed by atoms with E-state index in [0.717, 1.165) is 17.7 Å². The summed E-state index contributed by atoms with van der Waals surface area (Å²) >= 11 is 0. The van der Waals surface area contributed by atoms with Crippen LogP contribution in [0.5, 0.6) is 5.88 Å². The predicted octanol–water partition coefficient (Wildman–Crippen LogP) is 3.35. The molecule has 0 bridgehead atoms. The first-order valence-electron chi connectivity index (χ1n) is 7.78. The summed E-state index contributed by atoms with van der Waals surface area (Å²) in [5.41, 5.74) is 2.20. The summed E-state index contributed by atoms with van der Waals surface area (Å²) in [5, 5.41) is 6.87. The lowest BCUT2D eigenvalue weighted by Crippen LogP contribution is -2.27. The molecule has 0 aliphatic carbocycles. The van der Waals surface area contributed by atoms with Gasteiger partial charge in [-0.2, -0.15) is 0 Å². The van der Waals surface area contributed by atoms with Crippen LogP contribution in [-0.4, -0.2) is 22.2 Å². The van der Waals surface area contributed by atoms with Crippen molar-refractivity contribution in [2.24, 2.45) is 0 Å². The Hall–Kier alpha value is -2.37. The van der Waals surface area contributed by atoms with E-state index in [1.54, 1.807) is 18.3 Å². The molecular formula is C17H23N3O3. The van der Waals surface area contributed by atoms with Crippen LogP contribution in [0.1, 0.15) is 60.6 Å². The molecule has 0 spiro atoms. The van der Waals surface area contributed by atoms with Crippen LogP contribution in [0.2, 0.25) is 0 Å². The Morgan fingerprint density at radius 2 is 2.13 bits per heavy atom. The van der Waals surface area contributed by atoms with Gasteiger partial charge in [0.15, 0.2) is 0 Å². The Kier molecular flexibility index (Phi) is 5.36. The van der Waals surface area contributed by atoms with Crippen molar-refractivity contribution in [2.45, 2.75) is 53.2 Å². The smallest absolute Gasteiger partial charge is 0.252 e. The molecule has 6 heteroatoms. The molecule has 1 amide bonds. The van der Waals surface area contributed by atoms with Crippen molar-refractivity contribution in [3.63, 3.8) is 0 Å². The van der Waals surface area contributed by atoms with Crippen LogP contribution in [0.15, 0.2) is 22.9 Å². The molecule has 2 aromatic heterocycles. The van der Waals surface area contributed by atoms with Crippen LogP contribution in [0.3, 0.4) is 0 Å². The highest BCUT2D eigenvalue weighted by molar-refractivity contribution is 5.94. The summed E-state index contributed by atoms with van der Waals surface area (Å²) in [7, 11) is 0. The zero-order valence-corrected chi connectivity index (χ0v) is 14.2. The van der Waals surface area contributed by atoms with Crippen LogP contribution < -0.4 is 10.1 Å². The third-order valence-electron chi connectivity index (χ3n) is 3.76. The van der Waals surface area contributed by atoms with Crippen LogP contribution in [0.4, 0.5) is 0 Å². The molecule has 0 unspecified atom stereocenters. The number of nitrogens with zero attached hydrogens (tertiary/aromatic N) is 2. The molecule has 0 aliphatic rings. The molecule has 0 aromatic carbocycles. The van der Waals surface area contributed by atoms with Gasteiger partial charge in [0, 0.05) is 23.4 Å². The Labute approximate surface area is 136 Å². The quantitative estimate of drug-likeness (QED) is 0.884. The summed E-state index contributed by atoms with van der Waals surface area (Å²) in [6, 6.07) is 3.13. The largest absolute Gasteiger partial charge is 0.475 e. The minimum absolute atomic E-state index is 0.0574. The lowest BCUT2D eigenvalue weighted by Gasteiger charge is -2.15. The van der Waals surface area contributed by atoms with E-state index < -0.39 is 0 Å². The molecule has 0 fully saturated rings. The van der Waals surface area contributed by atoms with Crippen molar-refractivity contribution in [3.8, 4) is 5.88 Å². The predicted molar refractivity (Wildman–Crippen MR) is 86.5 cm³/mol. The number of amides is 1. The van der Waals surface area contributed by atoms with Crippen LogP contribution in [-0.2, 0) is 0 Å². The second kappa shape index (κ2) is 7.26. The first-order chi connectivity index (χ1) is 10.9. The van der Waals surface area contributed by atoms with Gasteiger partial charge in [0.1, 0.15) is 5.76 Å². The highest BCUT2D eigenvalue weighted by Gasteiger charge is 2.19. The maximum absolute atomic E-state index is 12.4. The summed E-state index contributed by atoms with van der Waals surface area (Å²) < 4.78 is 10.8. The lowest BCUT2D eigenvalue weighted by molar-refractivity contribution is 0.0938. The molecule has 2 aromatic rings. The Morgan fingerprint density at radius 3 is 2.74 bits per heavy atom. The van der Waals surface area contributed by atoms with Gasteiger partial charge in [-0.15, -0.1) is 0 Å². The van der Waals surface area contributed by atoms with E-state index in [-0.39, 0.29) is 18.1 Å². The topological polar surface area (TPSA) is 77.2 Å². The number of hydrogen-bond donors (Lipinski definition) is 1. The number of aryl methyl sites for hydroxylation is 2. The van der Waals surface area contributed by atoms with E-state index in [9.17, 15) is 4.79 Å². The van der Waals surface area contributed by atoms with E-state index in [1.807, 2.05) is 34.6 Å². The minimum Gasteiger partial charge on any atom is -0.475 e. The Bertz CT molecular complexity index is 662. The SMILES string of the molecule is CC[C@@H](C)Oc1cc(C(=O)N[C@@H](C)c2c(C)noc2C)ccn1. The highest BCUT2D eigenvalue weighted by atomic mass is 16.5. The fourth-order valence-electron chi connectivity index (χ4n) is 2.36. The first-order valence-corrected chi connectivity index (χ1v) is 7.78. The van der Waals surface area contributed by atoms with Crippen molar-refractivity contribution < 1.29 is 14.1 Å². The molecule has 0 radical (unpaired) electrons. The molecule has 124 valence electrons. The number of aromatic nitrogens is 2. The number of rotatable bonds is 6. The number of carbonyl (C=O) groups excluding carboxylic acids is 1. The van der Waals surface area contributed by atoms with Crippen LogP contribution >= 0.6 is 0 Å². The Balaban J connectivity index is 2.10. The number of ether oxygens (including phenoxy) is 1. The van der Waals surface area contributed by atoms with Crippen molar-refractivity contribution >= 4 is 5.91 Å². The lowest BCUT2D eigenvalue weighted by atomic mass is 10.1. The van der Waals surface area contributed by atoms with E-state index in [4.69, 9.17) is 9.26 Å². The van der Waals surface area contributed by atoms with Crippen molar-refractivity contribution in [1.29, 1.82) is 0 Å². The van der Waals surface area contributed by atoms with Gasteiger partial charge in [-0.3, -0.25) is 4.79 Å². The standard InChI is InChI=1S/C17H23N3O3/c1-6-10(2)22-15-9-14(7-8-18-15)17(21)19-11(3)16-12(4)20-23-13(16)5/h7-11H,6H2,1-5H3,(H,19,21)/t10-,11+/m1/s1. The van der Waals surface area contributed by atoms with Gasteiger partial charge < -0.3 is 14.6 Å². The van der Waals surface area contributed by atoms with Gasteiger partial charge in [-0.25, -0.2) is 4.98 Å². The van der Waals surface area contributed by atoms with E-state index in [0.29, 0.717) is 17.2 Å². The van der Waals surface area contributed by atoms with Gasteiger partial charge in [0.2, 0.25) is 5.88 Å². The second-order valence-electron chi connectivity index (χ2n) is 5.65. The summed E-state index contributed by atoms with van der Waals surface area (Å²) in [6.07, 6.45) is 2.51. The molecule has 0 aliphatic heterocycles. The summed E-state index contributed by atoms with van der Waals surface area (Å²) in [5.74, 6) is 0.983. The van der Waals surface area contributed by atoms with Gasteiger partial charge in [0.05, 0.1) is 17.8 Å². The number of nitrogens with one attached hydrogen (secondary N) is 1. The molecule has 0 saturated carbocycles. The summed E-state index contributed by atoms with van der Waals surface area (Å²) in [4.78, 5) is 16.6. The van der Waals surface area contributed by atoms with E-state index in [1.165, 1.54) is 0 Å². The molecule has 2 heterocycles. The molecule has 1 N–H and O–H groups in total. The maximum atomic E-state index is 12.4. The van der Waals surface area contributed by atoms with Crippen molar-refractivity contribution in [2.75, 3.05) is 0 Å². The molecular weight excluding hydrogens is 294 g/mol. The van der Waals surface area contributed by atoms with Crippen molar-refractivity contribution in [3.05, 3.63) is 40.9 Å². The maximum Gasteiger partial charge on any atom is 0.252 e. The average Bonchev–Trinajstić information content (AvgIpc) is 2.86. The van der Waals surface area contributed by atoms with Gasteiger partial charge in [-0.05, 0) is 40.2 Å². The molecule has 0 saturated heterocycles. The third-order valence-corrected chi connectivity index (χ3v) is 3.76. The molecule has 6 nitrogen and oxygen atoms in total. The fourth-order valence-corrected chi connectivity index (χ4v) is 2.36. The fraction of sp³-hybridized carbons (Fsp3) is 0.471. The zero-order chi connectivity index (χ0) is 17.0. The second-order valence-corrected chi connectivity index (χ2v) is 5.65. The number of hydrogen-bond acceptors (Lipinski definition) is 5. The molecule has 23 heavy (non-hydrogen) atoms. The van der Waals surface area contributed by atoms with E-state index >= 15 is 0 Å². The van der Waals surface area contributed by atoms with Gasteiger partial charge >= 0.3 is 0 Å². The number of carbonyl (C=O) groups is 1. The van der Waals surface area contributed by atoms with Gasteiger partial charge in [-0.1, -0.05) is 12.1 Å². The number of pyridine rings is 1. The average molecular weight is 317 g/mol. The van der Waals surface area contributed by atoms with Crippen LogP contribution in [0, 0.1) is 13.8 Å². The molecule has 2 rings (SSSR count). The highest BCUT2D eigenvalue weighted by Crippen LogP contribution is 2.21. The Morgan fingerprint density at radius 1 is 1.39 bits per heavy atom. The molecule has 2 atom stereocenters. The van der Waals surface area contributed by atoms with E-state index in [2.05, 4.69) is 15.5 Å².